The van der Waals surface area contributed by atoms with Crippen LogP contribution in [-0.4, -0.2) is 64.9 Å². The van der Waals surface area contributed by atoms with E-state index in [9.17, 15) is 14.4 Å². The maximum Gasteiger partial charge on any atom is 0.316 e. The summed E-state index contributed by atoms with van der Waals surface area (Å²) in [5, 5.41) is 5.66. The highest BCUT2D eigenvalue weighted by Crippen LogP contribution is 2.27. The lowest BCUT2D eigenvalue weighted by Gasteiger charge is -2.31. The molecule has 0 radical (unpaired) electrons. The van der Waals surface area contributed by atoms with Crippen LogP contribution >= 0.6 is 0 Å². The van der Waals surface area contributed by atoms with Gasteiger partial charge in [0.1, 0.15) is 12.1 Å². The second kappa shape index (κ2) is 8.70. The molecule has 4 aliphatic rings. The summed E-state index contributed by atoms with van der Waals surface area (Å²) in [6.45, 7) is 1.46. The Morgan fingerprint density at radius 1 is 0.643 bits per heavy atom. The van der Waals surface area contributed by atoms with E-state index in [0.29, 0.717) is 24.9 Å². The fraction of sp³-hybridized carbons (Fsp3) is 0.857. The molecular weight excluding hydrogens is 356 g/mol. The van der Waals surface area contributed by atoms with Crippen LogP contribution in [-0.2, 0) is 9.59 Å². The number of rotatable bonds is 4. The lowest BCUT2D eigenvalue weighted by atomic mass is 9.94. The summed E-state index contributed by atoms with van der Waals surface area (Å²) >= 11 is 0. The Balaban J connectivity index is 1.25. The van der Waals surface area contributed by atoms with E-state index in [2.05, 4.69) is 10.6 Å². The lowest BCUT2D eigenvalue weighted by molar-refractivity contribution is -0.132. The third kappa shape index (κ3) is 4.13. The van der Waals surface area contributed by atoms with Crippen molar-refractivity contribution in [3.8, 4) is 0 Å². The van der Waals surface area contributed by atoms with Gasteiger partial charge in [-0.2, -0.15) is 0 Å². The Morgan fingerprint density at radius 2 is 1.04 bits per heavy atom. The van der Waals surface area contributed by atoms with Gasteiger partial charge in [0, 0.05) is 25.2 Å². The molecule has 2 aliphatic carbocycles. The van der Waals surface area contributed by atoms with Crippen LogP contribution in [0.4, 0.5) is 4.79 Å². The van der Waals surface area contributed by atoms with Crippen LogP contribution in [0.25, 0.3) is 0 Å². The molecule has 2 heterocycles. The van der Waals surface area contributed by atoms with Crippen LogP contribution in [0.5, 0.6) is 0 Å². The molecule has 2 saturated heterocycles. The molecule has 0 aromatic carbocycles. The highest BCUT2D eigenvalue weighted by atomic mass is 16.2. The summed E-state index contributed by atoms with van der Waals surface area (Å²) in [6.07, 6.45) is 12.9. The normalized spacial score (nSPS) is 30.1. The average molecular weight is 391 g/mol. The zero-order chi connectivity index (χ0) is 19.5. The second-order valence-corrected chi connectivity index (χ2v) is 8.95. The molecule has 0 aromatic heterocycles. The maximum atomic E-state index is 12.7. The maximum absolute atomic E-state index is 12.7. The Bertz CT molecular complexity index is 548. The Labute approximate surface area is 167 Å². The molecule has 7 heteroatoms. The number of urea groups is 1. The van der Waals surface area contributed by atoms with Crippen LogP contribution in [0, 0.1) is 0 Å². The van der Waals surface area contributed by atoms with Crippen molar-refractivity contribution in [3.63, 3.8) is 0 Å². The minimum absolute atomic E-state index is 0.0450. The zero-order valence-corrected chi connectivity index (χ0v) is 16.8. The van der Waals surface area contributed by atoms with E-state index < -0.39 is 12.1 Å². The third-order valence-electron chi connectivity index (χ3n) is 7.12. The first-order valence-electron chi connectivity index (χ1n) is 11.3. The van der Waals surface area contributed by atoms with Gasteiger partial charge < -0.3 is 20.4 Å². The third-order valence-corrected chi connectivity index (χ3v) is 7.12. The van der Waals surface area contributed by atoms with E-state index in [0.717, 1.165) is 38.8 Å². The minimum Gasteiger partial charge on any atom is -0.338 e. The molecule has 28 heavy (non-hydrogen) atoms. The number of hydrogen-bond acceptors (Lipinski definition) is 3. The van der Waals surface area contributed by atoms with Crippen LogP contribution < -0.4 is 10.6 Å². The van der Waals surface area contributed by atoms with Gasteiger partial charge >= 0.3 is 6.03 Å². The average Bonchev–Trinajstić information content (AvgIpc) is 3.26. The standard InChI is InChI=1S/C21H34N4O3/c26-19-17(11-13-24(19)15-7-3-1-4-8-15)22-21(28)23-18-12-14-25(20(18)27)16-9-5-2-6-10-16/h15-18H,1-14H2,(H2,22,23,28)/t17-,18-/m1/s1. The van der Waals surface area contributed by atoms with Crippen molar-refractivity contribution in [2.45, 2.75) is 101 Å². The molecule has 4 fully saturated rings. The quantitative estimate of drug-likeness (QED) is 0.772. The topological polar surface area (TPSA) is 81.8 Å². The first kappa shape index (κ1) is 19.5. The molecule has 2 N–H and O–H groups in total. The van der Waals surface area contributed by atoms with Gasteiger partial charge in [0.15, 0.2) is 0 Å². The van der Waals surface area contributed by atoms with Gasteiger partial charge in [0.05, 0.1) is 0 Å². The fourth-order valence-electron chi connectivity index (χ4n) is 5.54. The minimum atomic E-state index is -0.451. The predicted octanol–water partition coefficient (Wildman–Crippen LogP) is 2.15. The van der Waals surface area contributed by atoms with Crippen molar-refractivity contribution < 1.29 is 14.4 Å². The lowest BCUT2D eigenvalue weighted by Crippen LogP contribution is -2.52. The molecular formula is C21H34N4O3. The summed E-state index contributed by atoms with van der Waals surface area (Å²) in [5.41, 5.74) is 0. The summed E-state index contributed by atoms with van der Waals surface area (Å²) in [5.74, 6) is 0.0901. The number of hydrogen-bond donors (Lipinski definition) is 2. The van der Waals surface area contributed by atoms with E-state index in [1.165, 1.54) is 38.5 Å². The molecule has 0 spiro atoms. The van der Waals surface area contributed by atoms with Crippen LogP contribution in [0.1, 0.15) is 77.0 Å². The van der Waals surface area contributed by atoms with Crippen LogP contribution in [0.3, 0.4) is 0 Å². The summed E-state index contributed by atoms with van der Waals surface area (Å²) < 4.78 is 0. The van der Waals surface area contributed by atoms with Crippen molar-refractivity contribution in [1.29, 1.82) is 0 Å². The highest BCUT2D eigenvalue weighted by molar-refractivity contribution is 5.92. The molecule has 2 saturated carbocycles. The van der Waals surface area contributed by atoms with Gasteiger partial charge in [0.25, 0.3) is 0 Å². The van der Waals surface area contributed by atoms with E-state index in [-0.39, 0.29) is 17.8 Å². The molecule has 2 aliphatic heterocycles. The molecule has 2 atom stereocenters. The summed E-state index contributed by atoms with van der Waals surface area (Å²) in [7, 11) is 0. The Hall–Kier alpha value is -1.79. The van der Waals surface area contributed by atoms with Crippen LogP contribution in [0.15, 0.2) is 0 Å². The SMILES string of the molecule is O=C(N[C@@H]1CCN(C2CCCCC2)C1=O)N[C@@H]1CCN(C2CCCCC2)C1=O. The first-order chi connectivity index (χ1) is 13.6. The number of likely N-dealkylation sites (tertiary alicyclic amines) is 2. The number of carbonyl (C=O) groups is 3. The molecule has 0 unspecified atom stereocenters. The predicted molar refractivity (Wildman–Crippen MR) is 106 cm³/mol. The van der Waals surface area contributed by atoms with Gasteiger partial charge in [-0.3, -0.25) is 9.59 Å². The monoisotopic (exact) mass is 390 g/mol. The molecule has 4 rings (SSSR count). The van der Waals surface area contributed by atoms with Crippen molar-refractivity contribution in [1.82, 2.24) is 20.4 Å². The van der Waals surface area contributed by atoms with Gasteiger partial charge in [-0.15, -0.1) is 0 Å². The van der Waals surface area contributed by atoms with Gasteiger partial charge in [-0.1, -0.05) is 38.5 Å². The van der Waals surface area contributed by atoms with Crippen molar-refractivity contribution in [3.05, 3.63) is 0 Å². The highest BCUT2D eigenvalue weighted by Gasteiger charge is 2.39. The molecule has 4 amide bonds. The van der Waals surface area contributed by atoms with Gasteiger partial charge in [-0.25, -0.2) is 4.79 Å². The largest absolute Gasteiger partial charge is 0.338 e. The Morgan fingerprint density at radius 3 is 1.43 bits per heavy atom. The van der Waals surface area contributed by atoms with E-state index in [1.807, 2.05) is 9.80 Å². The number of carbonyl (C=O) groups excluding carboxylic acids is 3. The Kier molecular flexibility index (Phi) is 6.07. The van der Waals surface area contributed by atoms with Crippen molar-refractivity contribution in [2.24, 2.45) is 0 Å². The molecule has 0 bridgehead atoms. The number of amides is 4. The zero-order valence-electron chi connectivity index (χ0n) is 16.8. The summed E-state index contributed by atoms with van der Waals surface area (Å²) in [4.78, 5) is 41.8. The van der Waals surface area contributed by atoms with Gasteiger partial charge in [0.2, 0.25) is 11.8 Å². The van der Waals surface area contributed by atoms with Crippen molar-refractivity contribution in [2.75, 3.05) is 13.1 Å². The molecule has 156 valence electrons. The molecule has 0 aromatic rings. The smallest absolute Gasteiger partial charge is 0.316 e. The number of nitrogens with zero attached hydrogens (tertiary/aromatic N) is 2. The van der Waals surface area contributed by atoms with Gasteiger partial charge in [-0.05, 0) is 38.5 Å². The molecule has 7 nitrogen and oxygen atoms in total. The number of nitrogens with one attached hydrogen (secondary N) is 2. The summed E-state index contributed by atoms with van der Waals surface area (Å²) in [6, 6.07) is -0.596. The van der Waals surface area contributed by atoms with E-state index in [4.69, 9.17) is 0 Å². The van der Waals surface area contributed by atoms with Crippen molar-refractivity contribution >= 4 is 17.8 Å². The van der Waals surface area contributed by atoms with E-state index in [1.54, 1.807) is 0 Å². The fourth-order valence-corrected chi connectivity index (χ4v) is 5.54. The first-order valence-corrected chi connectivity index (χ1v) is 11.3. The second-order valence-electron chi connectivity index (χ2n) is 8.95. The van der Waals surface area contributed by atoms with E-state index >= 15 is 0 Å². The van der Waals surface area contributed by atoms with Crippen LogP contribution in [0.2, 0.25) is 0 Å².